The molecule has 0 aliphatic rings. The summed E-state index contributed by atoms with van der Waals surface area (Å²) in [6.45, 7) is 0. The summed E-state index contributed by atoms with van der Waals surface area (Å²) in [4.78, 5) is 0.677. The molecule has 2 aromatic rings. The van der Waals surface area contributed by atoms with E-state index >= 15 is 0 Å². The molecule has 0 radical (unpaired) electrons. The molecule has 0 saturated heterocycles. The van der Waals surface area contributed by atoms with E-state index in [1.54, 1.807) is 6.07 Å². The molecule has 0 spiro atoms. The number of halogens is 4. The summed E-state index contributed by atoms with van der Waals surface area (Å²) >= 11 is 10.4. The standard InChI is InChI=1S/C12H8BrClF2OS/c13-7-5-11(18-12(7)14)10(17)4-6-1-2-8(15)9(16)3-6/h1-3,5,10,17H,4H2. The summed E-state index contributed by atoms with van der Waals surface area (Å²) in [5.74, 6) is -1.81. The van der Waals surface area contributed by atoms with Crippen LogP contribution in [-0.2, 0) is 6.42 Å². The summed E-state index contributed by atoms with van der Waals surface area (Å²) in [5.41, 5.74) is 0.530. The van der Waals surface area contributed by atoms with E-state index in [4.69, 9.17) is 11.6 Å². The third kappa shape index (κ3) is 3.09. The topological polar surface area (TPSA) is 20.2 Å². The van der Waals surface area contributed by atoms with Gasteiger partial charge in [0.1, 0.15) is 4.34 Å². The molecule has 1 aromatic carbocycles. The summed E-state index contributed by atoms with van der Waals surface area (Å²) < 4.78 is 27.0. The summed E-state index contributed by atoms with van der Waals surface area (Å²) in [5, 5.41) is 9.99. The van der Waals surface area contributed by atoms with Crippen LogP contribution in [0.15, 0.2) is 28.7 Å². The molecule has 0 fully saturated rings. The van der Waals surface area contributed by atoms with E-state index in [9.17, 15) is 13.9 Å². The monoisotopic (exact) mass is 352 g/mol. The predicted octanol–water partition coefficient (Wildman–Crippen LogP) is 4.72. The zero-order valence-electron chi connectivity index (χ0n) is 8.96. The molecule has 1 atom stereocenters. The Labute approximate surface area is 120 Å². The van der Waals surface area contributed by atoms with Gasteiger partial charge in [-0.1, -0.05) is 17.7 Å². The Balaban J connectivity index is 2.15. The van der Waals surface area contributed by atoms with E-state index in [2.05, 4.69) is 15.9 Å². The van der Waals surface area contributed by atoms with Gasteiger partial charge in [-0.25, -0.2) is 8.78 Å². The third-order valence-corrected chi connectivity index (χ3v) is 4.98. The van der Waals surface area contributed by atoms with Crippen LogP contribution in [0, 0.1) is 11.6 Å². The molecule has 0 amide bonds. The molecule has 1 unspecified atom stereocenters. The highest BCUT2D eigenvalue weighted by Crippen LogP contribution is 2.36. The van der Waals surface area contributed by atoms with Crippen molar-refractivity contribution >= 4 is 38.9 Å². The van der Waals surface area contributed by atoms with Crippen molar-refractivity contribution in [2.45, 2.75) is 12.5 Å². The molecule has 0 aliphatic carbocycles. The number of aliphatic hydroxyl groups excluding tert-OH is 1. The number of aliphatic hydroxyl groups is 1. The fraction of sp³-hybridized carbons (Fsp3) is 0.167. The number of rotatable bonds is 3. The molecule has 0 saturated carbocycles. The Kier molecular flexibility index (Phi) is 4.37. The van der Waals surface area contributed by atoms with Crippen LogP contribution in [-0.4, -0.2) is 5.11 Å². The van der Waals surface area contributed by atoms with E-state index in [1.807, 2.05) is 0 Å². The lowest BCUT2D eigenvalue weighted by molar-refractivity contribution is 0.182. The molecule has 96 valence electrons. The van der Waals surface area contributed by atoms with Gasteiger partial charge in [-0.3, -0.25) is 0 Å². The van der Waals surface area contributed by atoms with Gasteiger partial charge in [0.25, 0.3) is 0 Å². The summed E-state index contributed by atoms with van der Waals surface area (Å²) in [7, 11) is 0. The van der Waals surface area contributed by atoms with Gasteiger partial charge in [0.15, 0.2) is 11.6 Å². The first-order chi connectivity index (χ1) is 8.47. The van der Waals surface area contributed by atoms with Crippen molar-refractivity contribution in [1.29, 1.82) is 0 Å². The Bertz CT molecular complexity index is 554. The highest BCUT2D eigenvalue weighted by molar-refractivity contribution is 9.10. The van der Waals surface area contributed by atoms with Crippen LogP contribution in [0.3, 0.4) is 0 Å². The largest absolute Gasteiger partial charge is 0.387 e. The average Bonchev–Trinajstić information content (AvgIpc) is 2.65. The Morgan fingerprint density at radius 2 is 2.00 bits per heavy atom. The van der Waals surface area contributed by atoms with Crippen LogP contribution in [0.4, 0.5) is 8.78 Å². The molecule has 1 aromatic heterocycles. The first-order valence-corrected chi connectivity index (χ1v) is 7.03. The predicted molar refractivity (Wildman–Crippen MR) is 72.1 cm³/mol. The van der Waals surface area contributed by atoms with Gasteiger partial charge in [-0.05, 0) is 39.7 Å². The molecule has 2 rings (SSSR count). The van der Waals surface area contributed by atoms with Crippen LogP contribution in [0.2, 0.25) is 4.34 Å². The fourth-order valence-electron chi connectivity index (χ4n) is 1.52. The first-order valence-electron chi connectivity index (χ1n) is 5.04. The number of thiophene rings is 1. The van der Waals surface area contributed by atoms with Crippen LogP contribution in [0.5, 0.6) is 0 Å². The normalized spacial score (nSPS) is 12.7. The maximum atomic E-state index is 13.0. The second kappa shape index (κ2) is 5.65. The lowest BCUT2D eigenvalue weighted by Gasteiger charge is -2.08. The maximum Gasteiger partial charge on any atom is 0.159 e. The Morgan fingerprint density at radius 3 is 2.56 bits per heavy atom. The van der Waals surface area contributed by atoms with E-state index in [0.29, 0.717) is 19.2 Å². The SMILES string of the molecule is OC(Cc1ccc(F)c(F)c1)c1cc(Br)c(Cl)s1. The van der Waals surface area contributed by atoms with Crippen LogP contribution in [0.25, 0.3) is 0 Å². The number of hydrogen-bond donors (Lipinski definition) is 1. The smallest absolute Gasteiger partial charge is 0.159 e. The van der Waals surface area contributed by atoms with E-state index in [1.165, 1.54) is 17.4 Å². The van der Waals surface area contributed by atoms with Crippen molar-refractivity contribution < 1.29 is 13.9 Å². The third-order valence-electron chi connectivity index (χ3n) is 2.41. The Morgan fingerprint density at radius 1 is 1.28 bits per heavy atom. The molecule has 1 nitrogen and oxygen atoms in total. The zero-order chi connectivity index (χ0) is 13.3. The maximum absolute atomic E-state index is 13.0. The highest BCUT2D eigenvalue weighted by Gasteiger charge is 2.14. The van der Waals surface area contributed by atoms with Gasteiger partial charge in [0.05, 0.1) is 6.10 Å². The second-order valence-corrected chi connectivity index (χ2v) is 6.28. The van der Waals surface area contributed by atoms with Gasteiger partial charge in [-0.15, -0.1) is 11.3 Å². The minimum atomic E-state index is -0.912. The van der Waals surface area contributed by atoms with E-state index in [0.717, 1.165) is 12.1 Å². The molecule has 1 N–H and O–H groups in total. The molecule has 0 aliphatic heterocycles. The van der Waals surface area contributed by atoms with Crippen molar-refractivity contribution in [3.8, 4) is 0 Å². The van der Waals surface area contributed by atoms with Crippen molar-refractivity contribution in [3.05, 3.63) is 55.1 Å². The van der Waals surface area contributed by atoms with Gasteiger partial charge in [-0.2, -0.15) is 0 Å². The minimum Gasteiger partial charge on any atom is -0.387 e. The van der Waals surface area contributed by atoms with E-state index < -0.39 is 17.7 Å². The summed E-state index contributed by atoms with van der Waals surface area (Å²) in [6.07, 6.45) is -0.579. The lowest BCUT2D eigenvalue weighted by atomic mass is 10.1. The van der Waals surface area contributed by atoms with Gasteiger partial charge >= 0.3 is 0 Å². The highest BCUT2D eigenvalue weighted by atomic mass is 79.9. The Hall–Kier alpha value is -0.490. The van der Waals surface area contributed by atoms with Gasteiger partial charge in [0.2, 0.25) is 0 Å². The van der Waals surface area contributed by atoms with Crippen molar-refractivity contribution in [1.82, 2.24) is 0 Å². The lowest BCUT2D eigenvalue weighted by Crippen LogP contribution is -2.00. The van der Waals surface area contributed by atoms with Crippen LogP contribution < -0.4 is 0 Å². The molecular weight excluding hydrogens is 346 g/mol. The molecule has 0 bridgehead atoms. The van der Waals surface area contributed by atoms with Crippen molar-refractivity contribution in [3.63, 3.8) is 0 Å². The average molecular weight is 354 g/mol. The number of benzene rings is 1. The molecule has 6 heteroatoms. The van der Waals surface area contributed by atoms with Crippen molar-refractivity contribution in [2.75, 3.05) is 0 Å². The molecule has 18 heavy (non-hydrogen) atoms. The van der Waals surface area contributed by atoms with Crippen molar-refractivity contribution in [2.24, 2.45) is 0 Å². The van der Waals surface area contributed by atoms with E-state index in [-0.39, 0.29) is 6.42 Å². The molecule has 1 heterocycles. The quantitative estimate of drug-likeness (QED) is 0.846. The van der Waals surface area contributed by atoms with Crippen LogP contribution >= 0.6 is 38.9 Å². The fourth-order valence-corrected chi connectivity index (χ4v) is 3.24. The molecular formula is C12H8BrClF2OS. The summed E-state index contributed by atoms with van der Waals surface area (Å²) in [6, 6.07) is 5.31. The van der Waals surface area contributed by atoms with Crippen LogP contribution in [0.1, 0.15) is 16.5 Å². The number of hydrogen-bond acceptors (Lipinski definition) is 2. The minimum absolute atomic E-state index is 0.209. The first kappa shape index (κ1) is 13.9. The zero-order valence-corrected chi connectivity index (χ0v) is 12.1. The van der Waals surface area contributed by atoms with Gasteiger partial charge in [0, 0.05) is 15.8 Å². The second-order valence-electron chi connectivity index (χ2n) is 3.74. The van der Waals surface area contributed by atoms with Gasteiger partial charge < -0.3 is 5.11 Å².